The highest BCUT2D eigenvalue weighted by Crippen LogP contribution is 1.89. The molecule has 3 nitrogen and oxygen atoms in total. The molecule has 1 aliphatic heterocycles. The van der Waals surface area contributed by atoms with E-state index >= 15 is 0 Å². The van der Waals surface area contributed by atoms with Gasteiger partial charge in [-0.2, -0.15) is 0 Å². The average molecular weight is 139 g/mol. The molecule has 0 saturated carbocycles. The monoisotopic (exact) mass is 139 g/mol. The molecule has 3 heteroatoms. The highest BCUT2D eigenvalue weighted by atomic mass is 15.2. The zero-order chi connectivity index (χ0) is 7.23. The SMILES string of the molecule is N=C=CCN1CCNCC1. The predicted molar refractivity (Wildman–Crippen MR) is 41.6 cm³/mol. The Morgan fingerprint density at radius 3 is 2.80 bits per heavy atom. The molecule has 1 rings (SSSR count). The summed E-state index contributed by atoms with van der Waals surface area (Å²) in [6, 6.07) is 0. The second-order valence-electron chi connectivity index (χ2n) is 2.40. The zero-order valence-electron chi connectivity index (χ0n) is 6.06. The van der Waals surface area contributed by atoms with Crippen molar-refractivity contribution in [3.63, 3.8) is 0 Å². The van der Waals surface area contributed by atoms with E-state index < -0.39 is 0 Å². The van der Waals surface area contributed by atoms with Gasteiger partial charge >= 0.3 is 0 Å². The molecule has 0 amide bonds. The van der Waals surface area contributed by atoms with Gasteiger partial charge in [0.05, 0.1) is 0 Å². The molecule has 0 atom stereocenters. The summed E-state index contributed by atoms with van der Waals surface area (Å²) in [5.74, 6) is 2.28. The summed E-state index contributed by atoms with van der Waals surface area (Å²) < 4.78 is 0. The molecule has 1 fully saturated rings. The summed E-state index contributed by atoms with van der Waals surface area (Å²) in [5.41, 5.74) is 0. The summed E-state index contributed by atoms with van der Waals surface area (Å²) in [6.07, 6.45) is 1.76. The molecule has 0 bridgehead atoms. The molecule has 0 unspecified atom stereocenters. The number of hydrogen-bond acceptors (Lipinski definition) is 3. The van der Waals surface area contributed by atoms with Gasteiger partial charge in [0, 0.05) is 32.7 Å². The van der Waals surface area contributed by atoms with Crippen LogP contribution >= 0.6 is 0 Å². The molecule has 1 heterocycles. The van der Waals surface area contributed by atoms with Crippen molar-refractivity contribution in [2.24, 2.45) is 0 Å². The van der Waals surface area contributed by atoms with Crippen LogP contribution in [0.15, 0.2) is 6.08 Å². The second-order valence-corrected chi connectivity index (χ2v) is 2.40. The van der Waals surface area contributed by atoms with Crippen LogP contribution in [-0.2, 0) is 0 Å². The zero-order valence-corrected chi connectivity index (χ0v) is 6.06. The van der Waals surface area contributed by atoms with E-state index in [1.807, 2.05) is 0 Å². The first kappa shape index (κ1) is 7.48. The van der Waals surface area contributed by atoms with Gasteiger partial charge in [0.25, 0.3) is 0 Å². The molecule has 0 aromatic rings. The van der Waals surface area contributed by atoms with Crippen LogP contribution in [0.2, 0.25) is 0 Å². The van der Waals surface area contributed by atoms with Crippen LogP contribution in [0.5, 0.6) is 0 Å². The highest BCUT2D eigenvalue weighted by molar-refractivity contribution is 5.47. The largest absolute Gasteiger partial charge is 0.314 e. The maximum atomic E-state index is 6.67. The first-order chi connectivity index (χ1) is 4.93. The number of hydrogen-bond donors (Lipinski definition) is 2. The van der Waals surface area contributed by atoms with Crippen LogP contribution in [0, 0.1) is 5.41 Å². The van der Waals surface area contributed by atoms with Crippen molar-refractivity contribution < 1.29 is 0 Å². The average Bonchev–Trinajstić information content (AvgIpc) is 2.03. The minimum absolute atomic E-state index is 0.880. The van der Waals surface area contributed by atoms with Crippen molar-refractivity contribution in [2.75, 3.05) is 32.7 Å². The van der Waals surface area contributed by atoms with Crippen molar-refractivity contribution >= 4 is 5.87 Å². The van der Waals surface area contributed by atoms with Gasteiger partial charge in [0.2, 0.25) is 0 Å². The molecule has 1 aliphatic rings. The third-order valence-corrected chi connectivity index (χ3v) is 1.66. The van der Waals surface area contributed by atoms with Gasteiger partial charge in [-0.05, 0) is 11.9 Å². The summed E-state index contributed by atoms with van der Waals surface area (Å²) in [4.78, 5) is 2.30. The molecule has 0 aliphatic carbocycles. The molecular weight excluding hydrogens is 126 g/mol. The lowest BCUT2D eigenvalue weighted by Crippen LogP contribution is -2.43. The van der Waals surface area contributed by atoms with E-state index in [1.165, 1.54) is 0 Å². The van der Waals surface area contributed by atoms with Crippen LogP contribution in [0.1, 0.15) is 0 Å². The maximum absolute atomic E-state index is 6.67. The third kappa shape index (κ3) is 2.31. The van der Waals surface area contributed by atoms with E-state index in [-0.39, 0.29) is 0 Å². The van der Waals surface area contributed by atoms with Crippen LogP contribution in [-0.4, -0.2) is 43.5 Å². The van der Waals surface area contributed by atoms with E-state index in [0.717, 1.165) is 32.7 Å². The molecule has 0 radical (unpaired) electrons. The molecule has 1 saturated heterocycles. The number of rotatable bonds is 2. The lowest BCUT2D eigenvalue weighted by atomic mass is 10.3. The quantitative estimate of drug-likeness (QED) is 0.515. The standard InChI is InChI=1S/C7H13N3/c8-2-1-5-10-6-3-9-4-7-10/h1,8-9H,3-7H2. The van der Waals surface area contributed by atoms with Gasteiger partial charge in [-0.15, -0.1) is 0 Å². The summed E-state index contributed by atoms with van der Waals surface area (Å²) >= 11 is 0. The Hall–Kier alpha value is -0.630. The van der Waals surface area contributed by atoms with Crippen LogP contribution in [0.3, 0.4) is 0 Å². The van der Waals surface area contributed by atoms with Crippen molar-refractivity contribution in [3.8, 4) is 0 Å². The Kier molecular flexibility index (Phi) is 3.16. The smallest absolute Gasteiger partial charge is 0.0254 e. The Morgan fingerprint density at radius 2 is 2.20 bits per heavy atom. The van der Waals surface area contributed by atoms with Crippen LogP contribution in [0.4, 0.5) is 0 Å². The molecule has 56 valence electrons. The Labute approximate surface area is 61.2 Å². The van der Waals surface area contributed by atoms with Gasteiger partial charge < -0.3 is 5.32 Å². The first-order valence-corrected chi connectivity index (χ1v) is 3.60. The number of piperazine rings is 1. The van der Waals surface area contributed by atoms with Gasteiger partial charge in [-0.25, -0.2) is 0 Å². The Bertz CT molecular complexity index is 132. The minimum Gasteiger partial charge on any atom is -0.314 e. The van der Waals surface area contributed by atoms with Crippen LogP contribution in [0.25, 0.3) is 0 Å². The molecule has 0 aromatic carbocycles. The van der Waals surface area contributed by atoms with Crippen LogP contribution < -0.4 is 5.32 Å². The fourth-order valence-corrected chi connectivity index (χ4v) is 1.07. The van der Waals surface area contributed by atoms with E-state index in [4.69, 9.17) is 5.41 Å². The normalized spacial score (nSPS) is 20.0. The summed E-state index contributed by atoms with van der Waals surface area (Å²) in [6.45, 7) is 5.22. The van der Waals surface area contributed by atoms with Gasteiger partial charge in [-0.3, -0.25) is 10.3 Å². The maximum Gasteiger partial charge on any atom is 0.0254 e. The van der Waals surface area contributed by atoms with Crippen molar-refractivity contribution in [1.82, 2.24) is 10.2 Å². The Balaban J connectivity index is 2.19. The lowest BCUT2D eigenvalue weighted by Gasteiger charge is -2.25. The van der Waals surface area contributed by atoms with E-state index in [1.54, 1.807) is 6.08 Å². The highest BCUT2D eigenvalue weighted by Gasteiger charge is 2.05. The molecular formula is C7H13N3. The first-order valence-electron chi connectivity index (χ1n) is 3.60. The van der Waals surface area contributed by atoms with Crippen molar-refractivity contribution in [1.29, 1.82) is 5.41 Å². The van der Waals surface area contributed by atoms with Crippen molar-refractivity contribution in [3.05, 3.63) is 6.08 Å². The molecule has 2 N–H and O–H groups in total. The van der Waals surface area contributed by atoms with E-state index in [2.05, 4.69) is 16.1 Å². The summed E-state index contributed by atoms with van der Waals surface area (Å²) in [7, 11) is 0. The minimum atomic E-state index is 0.880. The number of nitrogens with one attached hydrogen (secondary N) is 2. The van der Waals surface area contributed by atoms with Gasteiger partial charge in [0.1, 0.15) is 0 Å². The second kappa shape index (κ2) is 4.23. The van der Waals surface area contributed by atoms with Gasteiger partial charge in [0.15, 0.2) is 0 Å². The molecule has 0 spiro atoms. The van der Waals surface area contributed by atoms with Crippen molar-refractivity contribution in [2.45, 2.75) is 0 Å². The molecule has 0 aromatic heterocycles. The fraction of sp³-hybridized carbons (Fsp3) is 0.714. The fourth-order valence-electron chi connectivity index (χ4n) is 1.07. The third-order valence-electron chi connectivity index (χ3n) is 1.66. The lowest BCUT2D eigenvalue weighted by molar-refractivity contribution is 0.265. The topological polar surface area (TPSA) is 39.1 Å². The van der Waals surface area contributed by atoms with Gasteiger partial charge in [-0.1, -0.05) is 0 Å². The van der Waals surface area contributed by atoms with E-state index in [0.29, 0.717) is 0 Å². The predicted octanol–water partition coefficient (Wildman–Crippen LogP) is -0.304. The Morgan fingerprint density at radius 1 is 1.50 bits per heavy atom. The number of nitrogens with zero attached hydrogens (tertiary/aromatic N) is 1. The molecule has 10 heavy (non-hydrogen) atoms. The summed E-state index contributed by atoms with van der Waals surface area (Å²) in [5, 5.41) is 9.94. The van der Waals surface area contributed by atoms with E-state index in [9.17, 15) is 0 Å².